The number of carbonyl (C=O) groups excluding carboxylic acids is 2. The fourth-order valence-corrected chi connectivity index (χ4v) is 6.10. The highest BCUT2D eigenvalue weighted by Crippen LogP contribution is 2.22. The van der Waals surface area contributed by atoms with Crippen LogP contribution in [0.3, 0.4) is 0 Å². The number of rotatable bonds is 14. The average Bonchev–Trinajstić information content (AvgIpc) is 3.37. The zero-order chi connectivity index (χ0) is 28.6. The Hall–Kier alpha value is -3.79. The summed E-state index contributed by atoms with van der Waals surface area (Å²) in [4.78, 5) is 51.9. The number of nitrogens with zero attached hydrogens (tertiary/aromatic N) is 1. The summed E-state index contributed by atoms with van der Waals surface area (Å²) < 4.78 is 27.4. The fraction of sp³-hybridized carbons (Fsp3) is 0.208. The summed E-state index contributed by atoms with van der Waals surface area (Å²) in [5.74, 6) is -3.98. The molecular formula is C24H23N3O9S3. The Morgan fingerprint density at radius 3 is 2.41 bits per heavy atom. The summed E-state index contributed by atoms with van der Waals surface area (Å²) in [5, 5.41) is 30.3. The van der Waals surface area contributed by atoms with E-state index >= 15 is 0 Å². The molecule has 0 bridgehead atoms. The maximum absolute atomic E-state index is 12.7. The molecule has 15 heteroatoms. The maximum Gasteiger partial charge on any atom is 0.339 e. The topological polar surface area (TPSA) is 200 Å². The second kappa shape index (κ2) is 13.3. The smallest absolute Gasteiger partial charge is 0.339 e. The van der Waals surface area contributed by atoms with Crippen LogP contribution in [-0.2, 0) is 31.9 Å². The third kappa shape index (κ3) is 8.61. The van der Waals surface area contributed by atoms with E-state index in [9.17, 15) is 37.8 Å². The van der Waals surface area contributed by atoms with Crippen molar-refractivity contribution in [3.8, 4) is 5.75 Å². The van der Waals surface area contributed by atoms with Gasteiger partial charge in [0.05, 0.1) is 28.0 Å². The molecule has 0 aliphatic rings. The molecule has 39 heavy (non-hydrogen) atoms. The number of aliphatic carboxylic acids is 1. The molecule has 0 saturated carbocycles. The fourth-order valence-electron chi connectivity index (χ4n) is 3.20. The minimum absolute atomic E-state index is 0.0150. The van der Waals surface area contributed by atoms with Crippen LogP contribution in [0.25, 0.3) is 0 Å². The van der Waals surface area contributed by atoms with Crippen LogP contribution in [0, 0.1) is 0 Å². The van der Waals surface area contributed by atoms with Gasteiger partial charge in [-0.2, -0.15) is 0 Å². The molecule has 1 amide bonds. The molecule has 5 N–H and O–H groups in total. The van der Waals surface area contributed by atoms with Gasteiger partial charge in [0.2, 0.25) is 10.0 Å². The number of aromatic carboxylic acids is 1. The Bertz CT molecular complexity index is 1470. The quantitative estimate of drug-likeness (QED) is 0.183. The number of carbonyl (C=O) groups is 4. The Balaban J connectivity index is 1.60. The van der Waals surface area contributed by atoms with E-state index < -0.39 is 57.4 Å². The number of Topliss-reactive ketones (excluding diaryl/α,β-unsaturated/α-hetero) is 1. The minimum Gasteiger partial charge on any atom is -0.507 e. The van der Waals surface area contributed by atoms with Crippen LogP contribution in [-0.4, -0.2) is 64.1 Å². The number of thioether (sulfide) groups is 1. The summed E-state index contributed by atoms with van der Waals surface area (Å²) >= 11 is 2.21. The molecule has 0 fully saturated rings. The molecule has 3 rings (SSSR count). The molecule has 0 spiro atoms. The number of thiophene rings is 1. The number of hydrogen-bond acceptors (Lipinski definition) is 10. The number of phenols is 1. The second-order valence-corrected chi connectivity index (χ2v) is 11.9. The van der Waals surface area contributed by atoms with E-state index in [0.29, 0.717) is 10.6 Å². The molecule has 2 aromatic heterocycles. The van der Waals surface area contributed by atoms with Gasteiger partial charge in [0.25, 0.3) is 5.91 Å². The highest BCUT2D eigenvalue weighted by Gasteiger charge is 2.25. The van der Waals surface area contributed by atoms with Crippen LogP contribution in [0.15, 0.2) is 59.8 Å². The van der Waals surface area contributed by atoms with E-state index in [0.717, 1.165) is 35.1 Å². The third-order valence-corrected chi connectivity index (χ3v) is 8.67. The number of pyridine rings is 1. The number of sulfonamides is 1. The number of amides is 1. The van der Waals surface area contributed by atoms with Crippen molar-refractivity contribution in [3.05, 3.63) is 75.7 Å². The first-order valence-corrected chi connectivity index (χ1v) is 14.6. The molecule has 0 aliphatic carbocycles. The molecule has 0 aliphatic heterocycles. The van der Waals surface area contributed by atoms with E-state index in [-0.39, 0.29) is 22.1 Å². The summed E-state index contributed by atoms with van der Waals surface area (Å²) in [6, 6.07) is 8.06. The van der Waals surface area contributed by atoms with Gasteiger partial charge in [0, 0.05) is 29.6 Å². The highest BCUT2D eigenvalue weighted by molar-refractivity contribution is 7.99. The minimum atomic E-state index is -4.15. The molecule has 12 nitrogen and oxygen atoms in total. The maximum atomic E-state index is 12.7. The largest absolute Gasteiger partial charge is 0.507 e. The number of aromatic nitrogens is 1. The van der Waals surface area contributed by atoms with Gasteiger partial charge < -0.3 is 20.6 Å². The van der Waals surface area contributed by atoms with Gasteiger partial charge in [-0.25, -0.2) is 17.9 Å². The van der Waals surface area contributed by atoms with Crippen LogP contribution in [0.5, 0.6) is 5.75 Å². The standard InChI is InChI=1S/C24H23N3O9S3/c28-19-3-2-16(9-17(19)24(33)34)39(35,36)26-11-15-1-4-21(38-15)23(32)27-18(10-22(30)31)20(29)13-37-12-14-5-7-25-8-6-14/h1-9,18,26,28H,10-13H2,(H,27,32)(H,30,31)(H,33,34)/t18-/m0/s1. The van der Waals surface area contributed by atoms with Crippen LogP contribution in [0.1, 0.15) is 36.9 Å². The Morgan fingerprint density at radius 1 is 1.03 bits per heavy atom. The first-order valence-electron chi connectivity index (χ1n) is 11.1. The van der Waals surface area contributed by atoms with Gasteiger partial charge in [-0.15, -0.1) is 23.1 Å². The van der Waals surface area contributed by atoms with E-state index in [1.54, 1.807) is 24.5 Å². The van der Waals surface area contributed by atoms with E-state index in [1.807, 2.05) is 0 Å². The van der Waals surface area contributed by atoms with Gasteiger partial charge in [0.1, 0.15) is 11.3 Å². The monoisotopic (exact) mass is 593 g/mol. The molecule has 0 saturated heterocycles. The number of ketones is 1. The summed E-state index contributed by atoms with van der Waals surface area (Å²) in [6.07, 6.45) is 2.64. The van der Waals surface area contributed by atoms with Crippen molar-refractivity contribution in [1.82, 2.24) is 15.0 Å². The van der Waals surface area contributed by atoms with Crippen molar-refractivity contribution in [1.29, 1.82) is 0 Å². The van der Waals surface area contributed by atoms with Crippen molar-refractivity contribution in [2.45, 2.75) is 29.7 Å². The van der Waals surface area contributed by atoms with Gasteiger partial charge in [-0.3, -0.25) is 19.4 Å². The Morgan fingerprint density at radius 2 is 1.74 bits per heavy atom. The average molecular weight is 594 g/mol. The SMILES string of the molecule is O=C(O)C[C@H](NC(=O)c1ccc(CNS(=O)(=O)c2ccc(O)c(C(=O)O)c2)s1)C(=O)CSCc1ccncc1. The predicted molar refractivity (Wildman–Crippen MR) is 142 cm³/mol. The van der Waals surface area contributed by atoms with Crippen molar-refractivity contribution in [2.75, 3.05) is 5.75 Å². The lowest BCUT2D eigenvalue weighted by atomic mass is 10.1. The summed E-state index contributed by atoms with van der Waals surface area (Å²) in [6.45, 7) is -0.229. The lowest BCUT2D eigenvalue weighted by Crippen LogP contribution is -2.43. The van der Waals surface area contributed by atoms with Gasteiger partial charge >= 0.3 is 11.9 Å². The number of nitrogens with one attached hydrogen (secondary N) is 2. The number of carboxylic acid groups (broad SMARTS) is 2. The number of benzene rings is 1. The first-order chi connectivity index (χ1) is 18.5. The van der Waals surface area contributed by atoms with Crippen molar-refractivity contribution in [3.63, 3.8) is 0 Å². The van der Waals surface area contributed by atoms with E-state index in [2.05, 4.69) is 15.0 Å². The highest BCUT2D eigenvalue weighted by atomic mass is 32.2. The van der Waals surface area contributed by atoms with Crippen LogP contribution in [0.4, 0.5) is 0 Å². The molecule has 3 aromatic rings. The normalized spacial score (nSPS) is 12.0. The molecule has 1 aromatic carbocycles. The van der Waals surface area contributed by atoms with Crippen molar-refractivity contribution in [2.24, 2.45) is 0 Å². The van der Waals surface area contributed by atoms with Crippen molar-refractivity contribution >= 4 is 56.8 Å². The molecule has 1 atom stereocenters. The Kier molecular flexibility index (Phi) is 10.2. The zero-order valence-corrected chi connectivity index (χ0v) is 22.5. The Labute approximate surface area is 231 Å². The van der Waals surface area contributed by atoms with Gasteiger partial charge in [-0.1, -0.05) is 0 Å². The number of aromatic hydroxyl groups is 1. The van der Waals surface area contributed by atoms with Gasteiger partial charge in [0.15, 0.2) is 5.78 Å². The van der Waals surface area contributed by atoms with Crippen LogP contribution in [0.2, 0.25) is 0 Å². The third-order valence-electron chi connectivity index (χ3n) is 5.17. The number of hydrogen-bond donors (Lipinski definition) is 5. The summed E-state index contributed by atoms with van der Waals surface area (Å²) in [7, 11) is -4.15. The second-order valence-electron chi connectivity index (χ2n) is 8.01. The zero-order valence-electron chi connectivity index (χ0n) is 20.1. The lowest BCUT2D eigenvalue weighted by molar-refractivity contribution is -0.139. The van der Waals surface area contributed by atoms with Crippen molar-refractivity contribution < 1.29 is 42.9 Å². The van der Waals surface area contributed by atoms with E-state index in [1.165, 1.54) is 23.9 Å². The van der Waals surface area contributed by atoms with Gasteiger partial charge in [-0.05, 0) is 48.0 Å². The molecule has 2 heterocycles. The predicted octanol–water partition coefficient (Wildman–Crippen LogP) is 2.10. The number of carboxylic acids is 2. The first kappa shape index (κ1) is 29.8. The molecular weight excluding hydrogens is 570 g/mol. The summed E-state index contributed by atoms with van der Waals surface area (Å²) in [5.41, 5.74) is 0.366. The molecule has 0 radical (unpaired) electrons. The molecule has 206 valence electrons. The lowest BCUT2D eigenvalue weighted by Gasteiger charge is -2.15. The van der Waals surface area contributed by atoms with Crippen LogP contribution < -0.4 is 10.0 Å². The van der Waals surface area contributed by atoms with E-state index in [4.69, 9.17) is 5.11 Å². The molecule has 0 unspecified atom stereocenters. The van der Waals surface area contributed by atoms with Crippen LogP contribution >= 0.6 is 23.1 Å².